The summed E-state index contributed by atoms with van der Waals surface area (Å²) >= 11 is 1.34. The van der Waals surface area contributed by atoms with E-state index >= 15 is 0 Å². The van der Waals surface area contributed by atoms with E-state index in [0.29, 0.717) is 29.5 Å². The molecule has 1 aromatic rings. The maximum Gasteiger partial charge on any atom is 0.224 e. The molecule has 5 rings (SSSR count). The van der Waals surface area contributed by atoms with Gasteiger partial charge in [-0.15, -0.1) is 0 Å². The molecule has 4 aliphatic rings. The molecule has 184 valence electrons. The van der Waals surface area contributed by atoms with Crippen molar-refractivity contribution >= 4 is 23.7 Å². The maximum absolute atomic E-state index is 12.8. The number of pyridine rings is 1. The van der Waals surface area contributed by atoms with Crippen LogP contribution < -0.4 is 15.8 Å². The molecule has 3 heterocycles. The van der Waals surface area contributed by atoms with Gasteiger partial charge in [-0.2, -0.15) is 19.4 Å². The fourth-order valence-electron chi connectivity index (χ4n) is 4.98. The number of hydrogen-bond acceptors (Lipinski definition) is 9. The lowest BCUT2D eigenvalue weighted by Crippen LogP contribution is -2.40. The van der Waals surface area contributed by atoms with Gasteiger partial charge in [0, 0.05) is 28.6 Å². The summed E-state index contributed by atoms with van der Waals surface area (Å²) in [6.45, 7) is 4.26. The summed E-state index contributed by atoms with van der Waals surface area (Å²) in [7, 11) is 1.65. The van der Waals surface area contributed by atoms with Gasteiger partial charge in [-0.25, -0.2) is 0 Å². The third kappa shape index (κ3) is 4.45. The fourth-order valence-corrected chi connectivity index (χ4v) is 5.73. The number of aryl methyl sites for hydroxylation is 1. The summed E-state index contributed by atoms with van der Waals surface area (Å²) < 4.78 is 9.93. The Morgan fingerprint density at radius 3 is 2.91 bits per heavy atom. The van der Waals surface area contributed by atoms with Crippen LogP contribution in [-0.4, -0.2) is 56.1 Å². The zero-order chi connectivity index (χ0) is 24.7. The van der Waals surface area contributed by atoms with Crippen molar-refractivity contribution in [1.82, 2.24) is 25.3 Å². The third-order valence-corrected chi connectivity index (χ3v) is 7.51. The van der Waals surface area contributed by atoms with Gasteiger partial charge in [0.05, 0.1) is 37.1 Å². The largest absolute Gasteiger partial charge is 0.496 e. The van der Waals surface area contributed by atoms with E-state index in [1.807, 2.05) is 19.9 Å². The Bertz CT molecular complexity index is 1290. The van der Waals surface area contributed by atoms with Gasteiger partial charge >= 0.3 is 0 Å². The summed E-state index contributed by atoms with van der Waals surface area (Å²) in [5.74, 6) is 1.59. The standard InChI is InChI=1S/C24H29N7O3S/c1-12-9-26-18(13(2)23(12)34-3)10-31-28-17-7-14(8-20(33)27-16-5-4-6-19(16)32)15-11-35-30-24(25)22(29-31)21(15)17/h7,9,16,19,32H,4-6,8,10-11H2,1-3H3,(H2,25,30)(H,27,33)/t16-,19-/m1/s1. The third-order valence-electron chi connectivity index (χ3n) is 6.76. The predicted octanol–water partition coefficient (Wildman–Crippen LogP) is 1.89. The number of aliphatic hydroxyl groups excluding tert-OH is 1. The van der Waals surface area contributed by atoms with E-state index in [9.17, 15) is 9.90 Å². The Hall–Kier alpha value is -3.18. The average molecular weight is 496 g/mol. The first-order chi connectivity index (χ1) is 16.9. The van der Waals surface area contributed by atoms with Gasteiger partial charge in [-0.1, -0.05) is 0 Å². The van der Waals surface area contributed by atoms with Gasteiger partial charge in [-0.05, 0) is 62.3 Å². The highest BCUT2D eigenvalue weighted by Gasteiger charge is 2.30. The van der Waals surface area contributed by atoms with Crippen molar-refractivity contribution in [2.45, 2.75) is 64.0 Å². The smallest absolute Gasteiger partial charge is 0.224 e. The molecule has 2 aliphatic carbocycles. The molecule has 11 heteroatoms. The second kappa shape index (κ2) is 9.46. The fraction of sp³-hybridized carbons (Fsp3) is 0.458. The van der Waals surface area contributed by atoms with Crippen LogP contribution in [0.1, 0.15) is 52.9 Å². The average Bonchev–Trinajstić information content (AvgIpc) is 3.32. The van der Waals surface area contributed by atoms with Crippen LogP contribution >= 0.6 is 11.9 Å². The maximum atomic E-state index is 12.8. The van der Waals surface area contributed by atoms with Crippen LogP contribution in [0.25, 0.3) is 11.3 Å². The number of methoxy groups -OCH3 is 1. The molecule has 1 aromatic heterocycles. The number of amidine groups is 1. The molecule has 0 aromatic carbocycles. The van der Waals surface area contributed by atoms with Gasteiger partial charge in [0.1, 0.15) is 18.0 Å². The van der Waals surface area contributed by atoms with Crippen LogP contribution in [0.15, 0.2) is 16.7 Å². The molecule has 10 nitrogen and oxygen atoms in total. The molecule has 0 bridgehead atoms. The Morgan fingerprint density at radius 1 is 1.34 bits per heavy atom. The van der Waals surface area contributed by atoms with Crippen LogP contribution in [0.4, 0.5) is 0 Å². The van der Waals surface area contributed by atoms with Crippen molar-refractivity contribution in [1.29, 1.82) is 0 Å². The Morgan fingerprint density at radius 2 is 2.17 bits per heavy atom. The molecule has 1 saturated carbocycles. The number of aromatic nitrogens is 4. The van der Waals surface area contributed by atoms with Crippen LogP contribution in [0.3, 0.4) is 0 Å². The highest BCUT2D eigenvalue weighted by molar-refractivity contribution is 7.97. The molecule has 0 saturated heterocycles. The minimum Gasteiger partial charge on any atom is -0.496 e. The molecular formula is C24H29N7O3S. The lowest BCUT2D eigenvalue weighted by molar-refractivity contribution is -0.121. The molecule has 1 amide bonds. The Balaban J connectivity index is 1.49. The van der Waals surface area contributed by atoms with Crippen molar-refractivity contribution in [2.24, 2.45) is 10.1 Å². The van der Waals surface area contributed by atoms with Crippen LogP contribution in [-0.2, 0) is 23.5 Å². The minimum absolute atomic E-state index is 0.111. The molecule has 0 unspecified atom stereocenters. The highest BCUT2D eigenvalue weighted by atomic mass is 32.2. The van der Waals surface area contributed by atoms with Gasteiger partial charge < -0.3 is 20.9 Å². The summed E-state index contributed by atoms with van der Waals surface area (Å²) in [5, 5.41) is 22.5. The van der Waals surface area contributed by atoms with Crippen molar-refractivity contribution in [3.63, 3.8) is 0 Å². The molecule has 2 aliphatic heterocycles. The topological polar surface area (TPSA) is 141 Å². The SMILES string of the molecule is COc1c(C)cnc(Cn2nc3cc(CC(=O)N[C@@H]4CCC[C@H]4O)c4c-3c(n2)C(N)=NSC4)c1C. The number of nitrogens with zero attached hydrogens (tertiary/aromatic N) is 5. The van der Waals surface area contributed by atoms with E-state index in [-0.39, 0.29) is 18.4 Å². The van der Waals surface area contributed by atoms with Crippen LogP contribution in [0, 0.1) is 13.8 Å². The zero-order valence-corrected chi connectivity index (χ0v) is 20.9. The minimum atomic E-state index is -0.475. The monoisotopic (exact) mass is 495 g/mol. The lowest BCUT2D eigenvalue weighted by Gasteiger charge is -2.16. The number of carbonyl (C=O) groups is 1. The number of amides is 1. The molecule has 0 radical (unpaired) electrons. The molecule has 4 N–H and O–H groups in total. The lowest BCUT2D eigenvalue weighted by atomic mass is 10.1. The number of nitrogens with one attached hydrogen (secondary N) is 1. The molecule has 35 heavy (non-hydrogen) atoms. The quantitative estimate of drug-likeness (QED) is 0.441. The normalized spacial score (nSPS) is 19.5. The highest BCUT2D eigenvalue weighted by Crippen LogP contribution is 2.38. The summed E-state index contributed by atoms with van der Waals surface area (Å²) in [6.07, 6.45) is 3.95. The van der Waals surface area contributed by atoms with E-state index in [1.165, 1.54) is 11.9 Å². The van der Waals surface area contributed by atoms with Gasteiger partial charge in [0.25, 0.3) is 0 Å². The van der Waals surface area contributed by atoms with Crippen molar-refractivity contribution in [3.05, 3.63) is 45.9 Å². The number of nitrogens with two attached hydrogens (primary N) is 1. The summed E-state index contributed by atoms with van der Waals surface area (Å²) in [6, 6.07) is 1.76. The van der Waals surface area contributed by atoms with Crippen molar-refractivity contribution in [3.8, 4) is 17.0 Å². The van der Waals surface area contributed by atoms with E-state index in [4.69, 9.17) is 20.7 Å². The molecule has 1 fully saturated rings. The van der Waals surface area contributed by atoms with Crippen molar-refractivity contribution < 1.29 is 14.6 Å². The molecular weight excluding hydrogens is 466 g/mol. The predicted molar refractivity (Wildman–Crippen MR) is 134 cm³/mol. The van der Waals surface area contributed by atoms with E-state index in [1.54, 1.807) is 18.1 Å². The van der Waals surface area contributed by atoms with Gasteiger partial charge in [0.15, 0.2) is 5.84 Å². The first kappa shape index (κ1) is 23.6. The van der Waals surface area contributed by atoms with E-state index in [0.717, 1.165) is 58.5 Å². The van der Waals surface area contributed by atoms with Crippen molar-refractivity contribution in [2.75, 3.05) is 7.11 Å². The first-order valence-electron chi connectivity index (χ1n) is 11.7. The number of aliphatic hydroxyl groups is 1. The van der Waals surface area contributed by atoms with E-state index in [2.05, 4.69) is 14.7 Å². The second-order valence-electron chi connectivity index (χ2n) is 9.13. The van der Waals surface area contributed by atoms with Crippen LogP contribution in [0.5, 0.6) is 5.75 Å². The number of ether oxygens (including phenoxy) is 1. The number of carbonyl (C=O) groups excluding carboxylic acids is 1. The second-order valence-corrected chi connectivity index (χ2v) is 9.86. The number of hydrogen-bond donors (Lipinski definition) is 3. The molecule has 0 spiro atoms. The summed E-state index contributed by atoms with van der Waals surface area (Å²) in [4.78, 5) is 18.9. The Labute approximate surface area is 207 Å². The van der Waals surface area contributed by atoms with Gasteiger partial charge in [-0.3, -0.25) is 9.78 Å². The van der Waals surface area contributed by atoms with Crippen LogP contribution in [0.2, 0.25) is 0 Å². The van der Waals surface area contributed by atoms with E-state index < -0.39 is 6.10 Å². The zero-order valence-electron chi connectivity index (χ0n) is 20.0. The Kier molecular flexibility index (Phi) is 6.37. The summed E-state index contributed by atoms with van der Waals surface area (Å²) in [5.41, 5.74) is 12.9. The van der Waals surface area contributed by atoms with Gasteiger partial charge in [0.2, 0.25) is 5.91 Å². The first-order valence-corrected chi connectivity index (χ1v) is 12.6. The molecule has 2 atom stereocenters. The number of rotatable bonds is 6.